The van der Waals surface area contributed by atoms with Gasteiger partial charge in [-0.3, -0.25) is 0 Å². The third-order valence-electron chi connectivity index (χ3n) is 3.16. The van der Waals surface area contributed by atoms with Gasteiger partial charge in [0.15, 0.2) is 0 Å². The van der Waals surface area contributed by atoms with Crippen molar-refractivity contribution in [2.24, 2.45) is 0 Å². The Balaban J connectivity index is 2.43. The average molecular weight is 266 g/mol. The third-order valence-corrected chi connectivity index (χ3v) is 3.41. The van der Waals surface area contributed by atoms with Crippen molar-refractivity contribution in [1.82, 2.24) is 4.90 Å². The highest BCUT2D eigenvalue weighted by Gasteiger charge is 2.23. The van der Waals surface area contributed by atoms with Crippen molar-refractivity contribution < 1.29 is 9.53 Å². The fourth-order valence-corrected chi connectivity index (χ4v) is 2.29. The number of benzene rings is 1. The van der Waals surface area contributed by atoms with Crippen molar-refractivity contribution in [3.63, 3.8) is 0 Å². The number of rotatable bonds is 2. The number of halogens is 1. The van der Waals surface area contributed by atoms with Crippen LogP contribution in [0.1, 0.15) is 12.0 Å². The van der Waals surface area contributed by atoms with Crippen molar-refractivity contribution >= 4 is 23.1 Å². The summed E-state index contributed by atoms with van der Waals surface area (Å²) < 4.78 is 4.86. The number of esters is 1. The Bertz CT molecular complexity index is 479. The van der Waals surface area contributed by atoms with Crippen molar-refractivity contribution in [3.8, 4) is 0 Å². The standard InChI is InChI=1S/C14H16ClNO2/c1-16-8-7-12(14(17)18-2)13(9-16)10-3-5-11(15)6-4-10/h3-6H,7-9H2,1-2H3. The van der Waals surface area contributed by atoms with Crippen LogP contribution < -0.4 is 0 Å². The molecule has 0 radical (unpaired) electrons. The zero-order valence-corrected chi connectivity index (χ0v) is 11.3. The lowest BCUT2D eigenvalue weighted by molar-refractivity contribution is -0.136. The Morgan fingerprint density at radius 3 is 2.61 bits per heavy atom. The number of hydrogen-bond donors (Lipinski definition) is 0. The fourth-order valence-electron chi connectivity index (χ4n) is 2.16. The second-order valence-corrected chi connectivity index (χ2v) is 4.88. The second-order valence-electron chi connectivity index (χ2n) is 4.44. The predicted molar refractivity (Wildman–Crippen MR) is 72.5 cm³/mol. The molecule has 1 aliphatic rings. The first-order valence-electron chi connectivity index (χ1n) is 5.86. The molecule has 0 aliphatic carbocycles. The van der Waals surface area contributed by atoms with Gasteiger partial charge in [0.2, 0.25) is 0 Å². The quantitative estimate of drug-likeness (QED) is 0.770. The van der Waals surface area contributed by atoms with Gasteiger partial charge in [0.05, 0.1) is 7.11 Å². The molecule has 0 bridgehead atoms. The molecule has 1 aliphatic heterocycles. The molecular weight excluding hydrogens is 250 g/mol. The monoisotopic (exact) mass is 265 g/mol. The fraction of sp³-hybridized carbons (Fsp3) is 0.357. The van der Waals surface area contributed by atoms with Gasteiger partial charge in [-0.25, -0.2) is 4.79 Å². The van der Waals surface area contributed by atoms with Crippen LogP contribution in [0.2, 0.25) is 5.02 Å². The molecule has 0 spiro atoms. The summed E-state index contributed by atoms with van der Waals surface area (Å²) in [6.45, 7) is 1.63. The molecule has 96 valence electrons. The van der Waals surface area contributed by atoms with Crippen molar-refractivity contribution in [2.45, 2.75) is 6.42 Å². The number of methoxy groups -OCH3 is 1. The number of nitrogens with zero attached hydrogens (tertiary/aromatic N) is 1. The van der Waals surface area contributed by atoms with Crippen LogP contribution in [0.5, 0.6) is 0 Å². The largest absolute Gasteiger partial charge is 0.466 e. The molecule has 4 heteroatoms. The molecule has 1 heterocycles. The van der Waals surface area contributed by atoms with Crippen LogP contribution in [0, 0.1) is 0 Å². The van der Waals surface area contributed by atoms with Crippen LogP contribution in [-0.4, -0.2) is 38.1 Å². The topological polar surface area (TPSA) is 29.5 Å². The van der Waals surface area contributed by atoms with Crippen molar-refractivity contribution in [3.05, 3.63) is 40.4 Å². The summed E-state index contributed by atoms with van der Waals surface area (Å²) in [5.74, 6) is -0.229. The maximum atomic E-state index is 11.8. The van der Waals surface area contributed by atoms with Gasteiger partial charge in [-0.15, -0.1) is 0 Å². The maximum absolute atomic E-state index is 11.8. The minimum absolute atomic E-state index is 0.229. The summed E-state index contributed by atoms with van der Waals surface area (Å²) in [4.78, 5) is 14.0. The molecule has 3 nitrogen and oxygen atoms in total. The van der Waals surface area contributed by atoms with E-state index >= 15 is 0 Å². The lowest BCUT2D eigenvalue weighted by Crippen LogP contribution is -2.29. The Hall–Kier alpha value is -1.32. The molecule has 0 aromatic heterocycles. The van der Waals surface area contributed by atoms with Gasteiger partial charge in [-0.1, -0.05) is 23.7 Å². The summed E-state index contributed by atoms with van der Waals surface area (Å²) >= 11 is 5.89. The van der Waals surface area contributed by atoms with Gasteiger partial charge >= 0.3 is 5.97 Å². The van der Waals surface area contributed by atoms with E-state index in [1.54, 1.807) is 0 Å². The molecule has 0 amide bonds. The maximum Gasteiger partial charge on any atom is 0.334 e. The SMILES string of the molecule is COC(=O)C1=C(c2ccc(Cl)cc2)CN(C)CC1. The Kier molecular flexibility index (Phi) is 4.04. The van der Waals surface area contributed by atoms with E-state index in [1.165, 1.54) is 7.11 Å². The first-order chi connectivity index (χ1) is 8.61. The van der Waals surface area contributed by atoms with E-state index < -0.39 is 0 Å². The average Bonchev–Trinajstić information content (AvgIpc) is 2.38. The van der Waals surface area contributed by atoms with Crippen molar-refractivity contribution in [1.29, 1.82) is 0 Å². The smallest absolute Gasteiger partial charge is 0.334 e. The van der Waals surface area contributed by atoms with E-state index in [0.717, 1.165) is 36.2 Å². The lowest BCUT2D eigenvalue weighted by Gasteiger charge is -2.27. The van der Waals surface area contributed by atoms with Crippen LogP contribution in [0.3, 0.4) is 0 Å². The Morgan fingerprint density at radius 1 is 1.33 bits per heavy atom. The number of carbonyl (C=O) groups is 1. The van der Waals surface area contributed by atoms with Gasteiger partial charge in [0.1, 0.15) is 0 Å². The second kappa shape index (κ2) is 5.55. The number of likely N-dealkylation sites (N-methyl/N-ethyl adjacent to an activating group) is 1. The molecule has 0 saturated heterocycles. The number of ether oxygens (including phenoxy) is 1. The van der Waals surface area contributed by atoms with Crippen LogP contribution >= 0.6 is 11.6 Å². The first-order valence-corrected chi connectivity index (χ1v) is 6.24. The predicted octanol–water partition coefficient (Wildman–Crippen LogP) is 2.60. The van der Waals surface area contributed by atoms with Crippen LogP contribution in [0.4, 0.5) is 0 Å². The normalized spacial score (nSPS) is 16.8. The van der Waals surface area contributed by atoms with Gasteiger partial charge < -0.3 is 9.64 Å². The minimum atomic E-state index is -0.229. The van der Waals surface area contributed by atoms with Gasteiger partial charge in [-0.05, 0) is 36.7 Å². The van der Waals surface area contributed by atoms with E-state index in [2.05, 4.69) is 4.90 Å². The van der Waals surface area contributed by atoms with Crippen LogP contribution in [-0.2, 0) is 9.53 Å². The zero-order chi connectivity index (χ0) is 13.1. The lowest BCUT2D eigenvalue weighted by atomic mass is 9.94. The van der Waals surface area contributed by atoms with E-state index in [9.17, 15) is 4.79 Å². The summed E-state index contributed by atoms with van der Waals surface area (Å²) in [7, 11) is 3.47. The van der Waals surface area contributed by atoms with Gasteiger partial charge in [0.25, 0.3) is 0 Å². The van der Waals surface area contributed by atoms with Gasteiger partial charge in [-0.2, -0.15) is 0 Å². The zero-order valence-electron chi connectivity index (χ0n) is 10.6. The molecule has 0 atom stereocenters. The number of carbonyl (C=O) groups excluding carboxylic acids is 1. The molecule has 1 aromatic rings. The molecule has 0 fully saturated rings. The molecule has 2 rings (SSSR count). The van der Waals surface area contributed by atoms with Gasteiger partial charge in [0, 0.05) is 23.7 Å². The summed E-state index contributed by atoms with van der Waals surface area (Å²) in [5.41, 5.74) is 2.84. The van der Waals surface area contributed by atoms with E-state index in [4.69, 9.17) is 16.3 Å². The summed E-state index contributed by atoms with van der Waals surface area (Å²) in [6.07, 6.45) is 0.723. The molecule has 0 unspecified atom stereocenters. The molecular formula is C14H16ClNO2. The molecule has 18 heavy (non-hydrogen) atoms. The highest BCUT2D eigenvalue weighted by atomic mass is 35.5. The summed E-state index contributed by atoms with van der Waals surface area (Å²) in [6, 6.07) is 7.57. The van der Waals surface area contributed by atoms with E-state index in [1.807, 2.05) is 31.3 Å². The minimum Gasteiger partial charge on any atom is -0.466 e. The third kappa shape index (κ3) is 2.74. The highest BCUT2D eigenvalue weighted by molar-refractivity contribution is 6.30. The molecule has 0 saturated carbocycles. The van der Waals surface area contributed by atoms with Crippen LogP contribution in [0.25, 0.3) is 5.57 Å². The highest BCUT2D eigenvalue weighted by Crippen LogP contribution is 2.27. The molecule has 1 aromatic carbocycles. The first kappa shape index (κ1) is 13.1. The molecule has 0 N–H and O–H groups in total. The van der Waals surface area contributed by atoms with E-state index in [0.29, 0.717) is 5.02 Å². The summed E-state index contributed by atoms with van der Waals surface area (Å²) in [5, 5.41) is 0.697. The number of hydrogen-bond acceptors (Lipinski definition) is 3. The Labute approximate surface area is 112 Å². The van der Waals surface area contributed by atoms with Crippen LogP contribution in [0.15, 0.2) is 29.8 Å². The van der Waals surface area contributed by atoms with E-state index in [-0.39, 0.29) is 5.97 Å². The van der Waals surface area contributed by atoms with Crippen molar-refractivity contribution in [2.75, 3.05) is 27.2 Å². The Morgan fingerprint density at radius 2 is 2.00 bits per heavy atom.